The SMILES string of the molecule is Cc1cc(NC(=O)c2cnc3ccc(-c4ccccc4OC[C@H](O)CO)nn23)nc(C)n1. The molecule has 0 saturated heterocycles. The number of carbonyl (C=O) groups is 1. The summed E-state index contributed by atoms with van der Waals surface area (Å²) in [7, 11) is 0. The Bertz CT molecular complexity index is 1250. The van der Waals surface area contributed by atoms with E-state index in [1.165, 1.54) is 10.7 Å². The topological polar surface area (TPSA) is 135 Å². The Morgan fingerprint density at radius 3 is 2.78 bits per heavy atom. The molecule has 1 aromatic carbocycles. The number of imidazole rings is 1. The maximum Gasteiger partial charge on any atom is 0.277 e. The molecule has 0 spiro atoms. The van der Waals surface area contributed by atoms with E-state index >= 15 is 0 Å². The van der Waals surface area contributed by atoms with Crippen LogP contribution in [-0.2, 0) is 0 Å². The van der Waals surface area contributed by atoms with Crippen molar-refractivity contribution in [3.05, 3.63) is 65.9 Å². The minimum atomic E-state index is -0.989. The fraction of sp³-hybridized carbons (Fsp3) is 0.227. The first-order chi connectivity index (χ1) is 15.4. The zero-order valence-corrected chi connectivity index (χ0v) is 17.6. The molecule has 32 heavy (non-hydrogen) atoms. The molecule has 0 radical (unpaired) electrons. The van der Waals surface area contributed by atoms with Crippen LogP contribution in [0.25, 0.3) is 16.9 Å². The van der Waals surface area contributed by atoms with E-state index in [2.05, 4.69) is 25.4 Å². The van der Waals surface area contributed by atoms with Gasteiger partial charge in [0, 0.05) is 17.3 Å². The normalized spacial score (nSPS) is 12.0. The Kier molecular flexibility index (Phi) is 6.06. The number of ether oxygens (including phenoxy) is 1. The lowest BCUT2D eigenvalue weighted by atomic mass is 10.1. The number of nitrogens with zero attached hydrogens (tertiary/aromatic N) is 5. The molecule has 0 saturated carbocycles. The van der Waals surface area contributed by atoms with E-state index in [-0.39, 0.29) is 12.3 Å². The van der Waals surface area contributed by atoms with Gasteiger partial charge in [0.05, 0.1) is 18.5 Å². The number of carbonyl (C=O) groups excluding carboxylic acids is 1. The monoisotopic (exact) mass is 434 g/mol. The van der Waals surface area contributed by atoms with Gasteiger partial charge in [-0.1, -0.05) is 12.1 Å². The second-order valence-corrected chi connectivity index (χ2v) is 7.17. The van der Waals surface area contributed by atoms with Crippen LogP contribution in [0.3, 0.4) is 0 Å². The minimum absolute atomic E-state index is 0.0632. The zero-order chi connectivity index (χ0) is 22.7. The summed E-state index contributed by atoms with van der Waals surface area (Å²) in [6.07, 6.45) is 0.457. The molecule has 3 heterocycles. The molecule has 0 fully saturated rings. The molecule has 0 bridgehead atoms. The van der Waals surface area contributed by atoms with Crippen molar-refractivity contribution >= 4 is 17.4 Å². The van der Waals surface area contributed by atoms with Gasteiger partial charge in [0.15, 0.2) is 11.3 Å². The van der Waals surface area contributed by atoms with E-state index in [4.69, 9.17) is 9.84 Å². The summed E-state index contributed by atoms with van der Waals surface area (Å²) in [5.41, 5.74) is 2.70. The van der Waals surface area contributed by atoms with Crippen molar-refractivity contribution < 1.29 is 19.7 Å². The number of rotatable bonds is 7. The van der Waals surface area contributed by atoms with Gasteiger partial charge in [-0.05, 0) is 38.1 Å². The highest BCUT2D eigenvalue weighted by Crippen LogP contribution is 2.28. The first-order valence-electron chi connectivity index (χ1n) is 9.94. The number of aliphatic hydroxyl groups is 2. The summed E-state index contributed by atoms with van der Waals surface area (Å²) >= 11 is 0. The average molecular weight is 434 g/mol. The minimum Gasteiger partial charge on any atom is -0.490 e. The quantitative estimate of drug-likeness (QED) is 0.401. The lowest BCUT2D eigenvalue weighted by molar-refractivity contribution is 0.0538. The van der Waals surface area contributed by atoms with E-state index in [1.807, 2.05) is 19.1 Å². The number of nitrogens with one attached hydrogen (secondary N) is 1. The third-order valence-electron chi connectivity index (χ3n) is 4.61. The van der Waals surface area contributed by atoms with Gasteiger partial charge in [-0.3, -0.25) is 4.79 Å². The lowest BCUT2D eigenvalue weighted by Gasteiger charge is -2.13. The maximum absolute atomic E-state index is 12.9. The van der Waals surface area contributed by atoms with Gasteiger partial charge >= 0.3 is 0 Å². The predicted octanol–water partition coefficient (Wildman–Crippen LogP) is 1.79. The Morgan fingerprint density at radius 2 is 2.00 bits per heavy atom. The molecule has 10 nitrogen and oxygen atoms in total. The van der Waals surface area contributed by atoms with Crippen molar-refractivity contribution in [2.45, 2.75) is 20.0 Å². The summed E-state index contributed by atoms with van der Waals surface area (Å²) < 4.78 is 7.10. The van der Waals surface area contributed by atoms with Crippen molar-refractivity contribution in [3.63, 3.8) is 0 Å². The predicted molar refractivity (Wildman–Crippen MR) is 116 cm³/mol. The molecule has 164 valence electrons. The van der Waals surface area contributed by atoms with Gasteiger partial charge < -0.3 is 20.3 Å². The molecular formula is C22H22N6O4. The van der Waals surface area contributed by atoms with Crippen LogP contribution in [0, 0.1) is 13.8 Å². The summed E-state index contributed by atoms with van der Waals surface area (Å²) in [5, 5.41) is 25.9. The third-order valence-corrected chi connectivity index (χ3v) is 4.61. The Hall–Kier alpha value is -3.89. The number of para-hydroxylation sites is 1. The number of amides is 1. The maximum atomic E-state index is 12.9. The molecule has 10 heteroatoms. The highest BCUT2D eigenvalue weighted by molar-refractivity contribution is 6.02. The standard InChI is InChI=1S/C22H22N6O4/c1-13-9-20(25-14(2)24-13)26-22(31)18-10-23-21-8-7-17(27-28(18)21)16-5-3-4-6-19(16)32-12-15(30)11-29/h3-10,15,29-30H,11-12H2,1-2H3,(H,24,25,26,31)/t15-/m1/s1. The highest BCUT2D eigenvalue weighted by atomic mass is 16.5. The molecule has 3 N–H and O–H groups in total. The molecule has 0 unspecified atom stereocenters. The van der Waals surface area contributed by atoms with Crippen molar-refractivity contribution in [2.75, 3.05) is 18.5 Å². The van der Waals surface area contributed by atoms with Crippen molar-refractivity contribution in [3.8, 4) is 17.0 Å². The van der Waals surface area contributed by atoms with Crippen LogP contribution in [0.1, 0.15) is 22.0 Å². The van der Waals surface area contributed by atoms with Gasteiger partial charge in [-0.25, -0.2) is 19.5 Å². The van der Waals surface area contributed by atoms with Crippen LogP contribution in [0.4, 0.5) is 5.82 Å². The van der Waals surface area contributed by atoms with Gasteiger partial charge in [-0.2, -0.15) is 5.10 Å². The number of hydrogen-bond donors (Lipinski definition) is 3. The zero-order valence-electron chi connectivity index (χ0n) is 17.6. The Balaban J connectivity index is 1.66. The molecule has 0 aliphatic carbocycles. The van der Waals surface area contributed by atoms with Crippen molar-refractivity contribution in [2.24, 2.45) is 0 Å². The molecular weight excluding hydrogens is 412 g/mol. The van der Waals surface area contributed by atoms with Crippen LogP contribution in [0.5, 0.6) is 5.75 Å². The smallest absolute Gasteiger partial charge is 0.277 e. The summed E-state index contributed by atoms with van der Waals surface area (Å²) in [6, 6.07) is 12.4. The van der Waals surface area contributed by atoms with Gasteiger partial charge in [-0.15, -0.1) is 0 Å². The molecule has 3 aromatic heterocycles. The highest BCUT2D eigenvalue weighted by Gasteiger charge is 2.17. The molecule has 1 amide bonds. The largest absolute Gasteiger partial charge is 0.490 e. The first kappa shape index (κ1) is 21.3. The van der Waals surface area contributed by atoms with E-state index in [1.54, 1.807) is 37.3 Å². The summed E-state index contributed by atoms with van der Waals surface area (Å²) in [5.74, 6) is 1.04. The first-order valence-corrected chi connectivity index (χ1v) is 9.94. The van der Waals surface area contributed by atoms with E-state index < -0.39 is 18.6 Å². The average Bonchev–Trinajstić information content (AvgIpc) is 3.20. The number of hydrogen-bond acceptors (Lipinski definition) is 8. The number of aromatic nitrogens is 5. The third kappa shape index (κ3) is 4.56. The number of aryl methyl sites for hydroxylation is 2. The number of aliphatic hydroxyl groups excluding tert-OH is 2. The number of anilines is 1. The Labute approximate surface area is 183 Å². The number of benzene rings is 1. The molecule has 4 rings (SSSR count). The summed E-state index contributed by atoms with van der Waals surface area (Å²) in [6.45, 7) is 3.12. The van der Waals surface area contributed by atoms with Gasteiger partial charge in [0.2, 0.25) is 0 Å². The van der Waals surface area contributed by atoms with Gasteiger partial charge in [0.1, 0.15) is 30.1 Å². The second-order valence-electron chi connectivity index (χ2n) is 7.17. The van der Waals surface area contributed by atoms with Crippen LogP contribution in [-0.4, -0.2) is 60.0 Å². The van der Waals surface area contributed by atoms with Crippen molar-refractivity contribution in [1.29, 1.82) is 0 Å². The Morgan fingerprint density at radius 1 is 1.19 bits per heavy atom. The van der Waals surface area contributed by atoms with E-state index in [9.17, 15) is 9.90 Å². The fourth-order valence-corrected chi connectivity index (χ4v) is 3.18. The van der Waals surface area contributed by atoms with Crippen LogP contribution in [0.15, 0.2) is 48.7 Å². The molecule has 1 atom stereocenters. The van der Waals surface area contributed by atoms with E-state index in [0.717, 1.165) is 5.69 Å². The van der Waals surface area contributed by atoms with Crippen LogP contribution >= 0.6 is 0 Å². The van der Waals surface area contributed by atoms with Gasteiger partial charge in [0.25, 0.3) is 5.91 Å². The van der Waals surface area contributed by atoms with Crippen LogP contribution < -0.4 is 10.1 Å². The number of fused-ring (bicyclic) bond motifs is 1. The second kappa shape index (κ2) is 9.08. The van der Waals surface area contributed by atoms with Crippen molar-refractivity contribution in [1.82, 2.24) is 24.6 Å². The summed E-state index contributed by atoms with van der Waals surface area (Å²) in [4.78, 5) is 25.6. The molecule has 0 aliphatic heterocycles. The lowest BCUT2D eigenvalue weighted by Crippen LogP contribution is -2.21. The van der Waals surface area contributed by atoms with E-state index in [0.29, 0.717) is 34.3 Å². The molecule has 0 aliphatic rings. The molecule has 4 aromatic rings. The fourth-order valence-electron chi connectivity index (χ4n) is 3.18. The van der Waals surface area contributed by atoms with Crippen LogP contribution in [0.2, 0.25) is 0 Å².